The fourth-order valence-electron chi connectivity index (χ4n) is 2.44. The zero-order valence-electron chi connectivity index (χ0n) is 11.9. The summed E-state index contributed by atoms with van der Waals surface area (Å²) < 4.78 is 5.82. The van der Waals surface area contributed by atoms with Crippen molar-refractivity contribution in [3.05, 3.63) is 47.7 Å². The van der Waals surface area contributed by atoms with Gasteiger partial charge in [0.1, 0.15) is 5.76 Å². The first kappa shape index (κ1) is 14.1. The summed E-state index contributed by atoms with van der Waals surface area (Å²) >= 11 is 0. The molecule has 1 unspecified atom stereocenters. The molecule has 1 aromatic rings. The van der Waals surface area contributed by atoms with Crippen molar-refractivity contribution in [3.63, 3.8) is 0 Å². The Morgan fingerprint density at radius 3 is 2.79 bits per heavy atom. The highest BCUT2D eigenvalue weighted by atomic mass is 16.5. The van der Waals surface area contributed by atoms with Crippen LogP contribution in [0.3, 0.4) is 0 Å². The molecule has 19 heavy (non-hydrogen) atoms. The van der Waals surface area contributed by atoms with Crippen molar-refractivity contribution in [1.29, 1.82) is 0 Å². The highest BCUT2D eigenvalue weighted by Crippen LogP contribution is 2.18. The Morgan fingerprint density at radius 2 is 2.11 bits per heavy atom. The maximum Gasteiger partial charge on any atom is 0.109 e. The van der Waals surface area contributed by atoms with Gasteiger partial charge in [-0.25, -0.2) is 0 Å². The van der Waals surface area contributed by atoms with E-state index in [1.165, 1.54) is 5.56 Å². The Morgan fingerprint density at radius 1 is 1.26 bits per heavy atom. The third kappa shape index (κ3) is 4.71. The van der Waals surface area contributed by atoms with Crippen molar-refractivity contribution >= 4 is 0 Å². The normalized spacial score (nSPS) is 16.6. The molecule has 1 heterocycles. The SMILES string of the molecule is CCCNC(CCc1ccccc1)C1=CCCCO1. The molecule has 0 fully saturated rings. The molecule has 2 rings (SSSR count). The van der Waals surface area contributed by atoms with E-state index in [0.717, 1.165) is 51.0 Å². The maximum absolute atomic E-state index is 5.82. The molecule has 0 amide bonds. The largest absolute Gasteiger partial charge is 0.497 e. The first-order chi connectivity index (χ1) is 9.40. The van der Waals surface area contributed by atoms with Crippen LogP contribution < -0.4 is 5.32 Å². The summed E-state index contributed by atoms with van der Waals surface area (Å²) in [5.41, 5.74) is 1.40. The fraction of sp³-hybridized carbons (Fsp3) is 0.529. The number of allylic oxidation sites excluding steroid dienone is 1. The van der Waals surface area contributed by atoms with Gasteiger partial charge in [0.25, 0.3) is 0 Å². The second kappa shape index (κ2) is 8.00. The van der Waals surface area contributed by atoms with Crippen LogP contribution in [0.2, 0.25) is 0 Å². The number of nitrogens with one attached hydrogen (secondary N) is 1. The second-order valence-corrected chi connectivity index (χ2v) is 5.13. The molecule has 2 nitrogen and oxygen atoms in total. The summed E-state index contributed by atoms with van der Waals surface area (Å²) in [5.74, 6) is 1.16. The zero-order valence-corrected chi connectivity index (χ0v) is 11.9. The van der Waals surface area contributed by atoms with Crippen molar-refractivity contribution in [3.8, 4) is 0 Å². The second-order valence-electron chi connectivity index (χ2n) is 5.13. The minimum atomic E-state index is 0.375. The molecule has 0 aliphatic carbocycles. The number of aryl methyl sites for hydroxylation is 1. The topological polar surface area (TPSA) is 21.3 Å². The molecule has 0 spiro atoms. The van der Waals surface area contributed by atoms with Gasteiger partial charge >= 0.3 is 0 Å². The van der Waals surface area contributed by atoms with Crippen molar-refractivity contribution in [2.45, 2.75) is 45.1 Å². The molecule has 1 aromatic carbocycles. The van der Waals surface area contributed by atoms with E-state index in [2.05, 4.69) is 48.6 Å². The Bertz CT molecular complexity index is 386. The summed E-state index contributed by atoms with van der Waals surface area (Å²) in [5, 5.41) is 3.62. The van der Waals surface area contributed by atoms with Gasteiger partial charge in [0.05, 0.1) is 12.6 Å². The van der Waals surface area contributed by atoms with Crippen LogP contribution in [-0.4, -0.2) is 19.2 Å². The van der Waals surface area contributed by atoms with Crippen LogP contribution in [0.25, 0.3) is 0 Å². The van der Waals surface area contributed by atoms with E-state index in [1.807, 2.05) is 0 Å². The minimum absolute atomic E-state index is 0.375. The fourth-order valence-corrected chi connectivity index (χ4v) is 2.44. The monoisotopic (exact) mass is 259 g/mol. The number of ether oxygens (including phenoxy) is 1. The maximum atomic E-state index is 5.82. The van der Waals surface area contributed by atoms with Gasteiger partial charge in [0.2, 0.25) is 0 Å². The van der Waals surface area contributed by atoms with Gasteiger partial charge in [0, 0.05) is 0 Å². The Labute approximate surface area is 116 Å². The minimum Gasteiger partial charge on any atom is -0.497 e. The molecule has 1 N–H and O–H groups in total. The molecule has 0 saturated heterocycles. The van der Waals surface area contributed by atoms with Crippen LogP contribution in [0, 0.1) is 0 Å². The highest BCUT2D eigenvalue weighted by Gasteiger charge is 2.16. The number of benzene rings is 1. The molecule has 0 radical (unpaired) electrons. The third-order valence-electron chi connectivity index (χ3n) is 3.51. The van der Waals surface area contributed by atoms with Gasteiger partial charge in [-0.2, -0.15) is 0 Å². The molecule has 1 aliphatic rings. The van der Waals surface area contributed by atoms with E-state index >= 15 is 0 Å². The van der Waals surface area contributed by atoms with E-state index in [9.17, 15) is 0 Å². The summed E-state index contributed by atoms with van der Waals surface area (Å²) in [7, 11) is 0. The quantitative estimate of drug-likeness (QED) is 0.806. The predicted octanol–water partition coefficient (Wildman–Crippen LogP) is 3.68. The van der Waals surface area contributed by atoms with E-state index in [1.54, 1.807) is 0 Å². The average Bonchev–Trinajstić information content (AvgIpc) is 2.49. The average molecular weight is 259 g/mol. The molecule has 104 valence electrons. The summed E-state index contributed by atoms with van der Waals surface area (Å²) in [4.78, 5) is 0. The molecule has 1 atom stereocenters. The summed E-state index contributed by atoms with van der Waals surface area (Å²) in [6, 6.07) is 11.1. The van der Waals surface area contributed by atoms with Crippen molar-refractivity contribution in [2.75, 3.05) is 13.2 Å². The molecule has 0 bridgehead atoms. The van der Waals surface area contributed by atoms with Gasteiger partial charge < -0.3 is 10.1 Å². The van der Waals surface area contributed by atoms with Crippen molar-refractivity contribution in [1.82, 2.24) is 5.32 Å². The number of hydrogen-bond acceptors (Lipinski definition) is 2. The highest BCUT2D eigenvalue weighted by molar-refractivity contribution is 5.16. The lowest BCUT2D eigenvalue weighted by Crippen LogP contribution is -2.34. The molecule has 2 heteroatoms. The zero-order chi connectivity index (χ0) is 13.3. The Balaban J connectivity index is 1.91. The van der Waals surface area contributed by atoms with Gasteiger partial charge in [-0.15, -0.1) is 0 Å². The van der Waals surface area contributed by atoms with Crippen molar-refractivity contribution in [2.24, 2.45) is 0 Å². The van der Waals surface area contributed by atoms with Crippen molar-refractivity contribution < 1.29 is 4.74 Å². The van der Waals surface area contributed by atoms with Crippen LogP contribution in [0.15, 0.2) is 42.2 Å². The van der Waals surface area contributed by atoms with E-state index in [0.29, 0.717) is 6.04 Å². The van der Waals surface area contributed by atoms with E-state index < -0.39 is 0 Å². The molecule has 0 saturated carbocycles. The Kier molecular flexibility index (Phi) is 5.96. The standard InChI is InChI=1S/C17H25NO/c1-2-13-18-16(17-10-6-7-14-19-17)12-11-15-8-4-3-5-9-15/h3-5,8-10,16,18H,2,6-7,11-14H2,1H3. The van der Waals surface area contributed by atoms with E-state index in [4.69, 9.17) is 4.74 Å². The summed E-state index contributed by atoms with van der Waals surface area (Å²) in [6.07, 6.45) is 7.95. The first-order valence-corrected chi connectivity index (χ1v) is 7.50. The lowest BCUT2D eigenvalue weighted by Gasteiger charge is -2.25. The van der Waals surface area contributed by atoms with Crippen LogP contribution in [0.5, 0.6) is 0 Å². The van der Waals surface area contributed by atoms with E-state index in [-0.39, 0.29) is 0 Å². The summed E-state index contributed by atoms with van der Waals surface area (Å²) in [6.45, 7) is 4.14. The first-order valence-electron chi connectivity index (χ1n) is 7.50. The van der Waals surface area contributed by atoms with Gasteiger partial charge in [-0.05, 0) is 50.3 Å². The van der Waals surface area contributed by atoms with Gasteiger partial charge in [0.15, 0.2) is 0 Å². The van der Waals surface area contributed by atoms with Crippen LogP contribution >= 0.6 is 0 Å². The third-order valence-corrected chi connectivity index (χ3v) is 3.51. The predicted molar refractivity (Wildman–Crippen MR) is 80.1 cm³/mol. The van der Waals surface area contributed by atoms with Gasteiger partial charge in [-0.3, -0.25) is 0 Å². The lowest BCUT2D eigenvalue weighted by molar-refractivity contribution is 0.165. The molecule has 0 aromatic heterocycles. The molecular weight excluding hydrogens is 234 g/mol. The lowest BCUT2D eigenvalue weighted by atomic mass is 10.0. The molecular formula is C17H25NO. The Hall–Kier alpha value is -1.28. The smallest absolute Gasteiger partial charge is 0.109 e. The van der Waals surface area contributed by atoms with Gasteiger partial charge in [-0.1, -0.05) is 37.3 Å². The van der Waals surface area contributed by atoms with Crippen LogP contribution in [0.1, 0.15) is 38.2 Å². The number of rotatable bonds is 7. The number of hydrogen-bond donors (Lipinski definition) is 1. The van der Waals surface area contributed by atoms with Crippen LogP contribution in [0.4, 0.5) is 0 Å². The molecule has 1 aliphatic heterocycles. The van der Waals surface area contributed by atoms with Crippen LogP contribution in [-0.2, 0) is 11.2 Å².